The van der Waals surface area contributed by atoms with E-state index in [1.54, 1.807) is 19.0 Å². The zero-order valence-electron chi connectivity index (χ0n) is 13.3. The standard InChI is InChI=1S/C15H19F3N4O2/c1-22(2)12-6-5-9(15(16,17)18)8-11(12)21-14(24)20-10-4-3-7-19-13(10)23/h5-6,8,10H,3-4,7H2,1-2H3,(H,19,23)(H2,20,21,24)/t10-/m1/s1. The average molecular weight is 344 g/mol. The van der Waals surface area contributed by atoms with Gasteiger partial charge in [0.05, 0.1) is 16.9 Å². The van der Waals surface area contributed by atoms with Crippen LogP contribution in [0.4, 0.5) is 29.3 Å². The Balaban J connectivity index is 2.17. The second-order valence-corrected chi connectivity index (χ2v) is 5.71. The predicted molar refractivity (Wildman–Crippen MR) is 84.0 cm³/mol. The average Bonchev–Trinajstić information content (AvgIpc) is 2.48. The molecule has 0 spiro atoms. The van der Waals surface area contributed by atoms with Crippen LogP contribution >= 0.6 is 0 Å². The zero-order valence-corrected chi connectivity index (χ0v) is 13.3. The summed E-state index contributed by atoms with van der Waals surface area (Å²) in [4.78, 5) is 25.3. The van der Waals surface area contributed by atoms with Crippen LogP contribution in [0.1, 0.15) is 18.4 Å². The second kappa shape index (κ2) is 6.98. The molecule has 0 unspecified atom stereocenters. The lowest BCUT2D eigenvalue weighted by Gasteiger charge is -2.24. The van der Waals surface area contributed by atoms with Crippen molar-refractivity contribution in [3.8, 4) is 0 Å². The Morgan fingerprint density at radius 1 is 1.33 bits per heavy atom. The van der Waals surface area contributed by atoms with Crippen LogP contribution in [0.15, 0.2) is 18.2 Å². The van der Waals surface area contributed by atoms with E-state index >= 15 is 0 Å². The molecule has 1 atom stereocenters. The number of amides is 3. The molecule has 0 bridgehead atoms. The van der Waals surface area contributed by atoms with Crippen LogP contribution in [0.25, 0.3) is 0 Å². The maximum Gasteiger partial charge on any atom is 0.416 e. The molecule has 1 aromatic rings. The van der Waals surface area contributed by atoms with Gasteiger partial charge in [-0.3, -0.25) is 4.79 Å². The van der Waals surface area contributed by atoms with E-state index in [0.717, 1.165) is 18.6 Å². The number of halogens is 3. The minimum Gasteiger partial charge on any atom is -0.376 e. The van der Waals surface area contributed by atoms with E-state index in [1.807, 2.05) is 0 Å². The van der Waals surface area contributed by atoms with Gasteiger partial charge in [0.1, 0.15) is 6.04 Å². The van der Waals surface area contributed by atoms with E-state index in [4.69, 9.17) is 0 Å². The largest absolute Gasteiger partial charge is 0.416 e. The third-order valence-corrected chi connectivity index (χ3v) is 3.64. The molecule has 9 heteroatoms. The Kier molecular flexibility index (Phi) is 5.20. The molecule has 3 amide bonds. The predicted octanol–water partition coefficient (Wildman–Crippen LogP) is 2.17. The number of alkyl halides is 3. The molecule has 0 aromatic heterocycles. The first-order valence-electron chi connectivity index (χ1n) is 7.42. The van der Waals surface area contributed by atoms with Crippen molar-refractivity contribution < 1.29 is 22.8 Å². The molecule has 1 heterocycles. The minimum absolute atomic E-state index is 0.0172. The topological polar surface area (TPSA) is 73.5 Å². The summed E-state index contributed by atoms with van der Waals surface area (Å²) < 4.78 is 38.6. The summed E-state index contributed by atoms with van der Waals surface area (Å²) in [6, 6.07) is 1.70. The monoisotopic (exact) mass is 344 g/mol. The number of anilines is 2. The Labute approximate surface area is 137 Å². The number of nitrogens with one attached hydrogen (secondary N) is 3. The fourth-order valence-corrected chi connectivity index (χ4v) is 2.43. The Morgan fingerprint density at radius 2 is 2.04 bits per heavy atom. The lowest BCUT2D eigenvalue weighted by Crippen LogP contribution is -2.51. The van der Waals surface area contributed by atoms with Crippen LogP contribution in [0.2, 0.25) is 0 Å². The van der Waals surface area contributed by atoms with E-state index in [9.17, 15) is 22.8 Å². The molecular weight excluding hydrogens is 325 g/mol. The Morgan fingerprint density at radius 3 is 2.62 bits per heavy atom. The molecular formula is C15H19F3N4O2. The highest BCUT2D eigenvalue weighted by Crippen LogP contribution is 2.34. The van der Waals surface area contributed by atoms with E-state index in [-0.39, 0.29) is 11.6 Å². The molecule has 1 fully saturated rings. The van der Waals surface area contributed by atoms with E-state index < -0.39 is 23.8 Å². The van der Waals surface area contributed by atoms with Crippen molar-refractivity contribution in [3.05, 3.63) is 23.8 Å². The molecule has 0 aliphatic carbocycles. The first kappa shape index (κ1) is 17.9. The fraction of sp³-hybridized carbons (Fsp3) is 0.467. The molecule has 2 rings (SSSR count). The van der Waals surface area contributed by atoms with Gasteiger partial charge in [0.2, 0.25) is 5.91 Å². The van der Waals surface area contributed by atoms with E-state index in [1.165, 1.54) is 6.07 Å². The van der Waals surface area contributed by atoms with Crippen LogP contribution < -0.4 is 20.9 Å². The lowest BCUT2D eigenvalue weighted by atomic mass is 10.1. The van der Waals surface area contributed by atoms with Crippen molar-refractivity contribution in [1.82, 2.24) is 10.6 Å². The molecule has 1 aliphatic rings. The Hall–Kier alpha value is -2.45. The zero-order chi connectivity index (χ0) is 17.9. The smallest absolute Gasteiger partial charge is 0.376 e. The van der Waals surface area contributed by atoms with Crippen LogP contribution in [-0.2, 0) is 11.0 Å². The summed E-state index contributed by atoms with van der Waals surface area (Å²) in [6.45, 7) is 0.553. The maximum absolute atomic E-state index is 12.9. The normalized spacial score (nSPS) is 17.9. The first-order valence-corrected chi connectivity index (χ1v) is 7.42. The summed E-state index contributed by atoms with van der Waals surface area (Å²) in [5.41, 5.74) is -0.423. The second-order valence-electron chi connectivity index (χ2n) is 5.71. The van der Waals surface area contributed by atoms with Crippen molar-refractivity contribution in [2.45, 2.75) is 25.1 Å². The fourth-order valence-electron chi connectivity index (χ4n) is 2.43. The molecule has 0 radical (unpaired) electrons. The van der Waals surface area contributed by atoms with Crippen molar-refractivity contribution in [2.24, 2.45) is 0 Å². The Bertz CT molecular complexity index is 632. The van der Waals surface area contributed by atoms with Gasteiger partial charge >= 0.3 is 12.2 Å². The molecule has 1 saturated heterocycles. The summed E-state index contributed by atoms with van der Waals surface area (Å²) in [5.74, 6) is -0.298. The number of urea groups is 1. The van der Waals surface area contributed by atoms with Crippen molar-refractivity contribution in [3.63, 3.8) is 0 Å². The molecule has 24 heavy (non-hydrogen) atoms. The van der Waals surface area contributed by atoms with Gasteiger partial charge in [-0.1, -0.05) is 0 Å². The number of piperidine rings is 1. The van der Waals surface area contributed by atoms with Gasteiger partial charge in [-0.2, -0.15) is 13.2 Å². The number of carbonyl (C=O) groups is 2. The first-order chi connectivity index (χ1) is 11.2. The third kappa shape index (κ3) is 4.30. The van der Waals surface area contributed by atoms with Gasteiger partial charge in [-0.05, 0) is 31.0 Å². The van der Waals surface area contributed by atoms with Crippen LogP contribution in [0, 0.1) is 0 Å². The number of hydrogen-bond donors (Lipinski definition) is 3. The minimum atomic E-state index is -4.51. The quantitative estimate of drug-likeness (QED) is 0.787. The summed E-state index contributed by atoms with van der Waals surface area (Å²) in [7, 11) is 3.31. The maximum atomic E-state index is 12.9. The molecule has 132 valence electrons. The van der Waals surface area contributed by atoms with Gasteiger partial charge in [0.15, 0.2) is 0 Å². The number of carbonyl (C=O) groups excluding carboxylic acids is 2. The summed E-state index contributed by atoms with van der Waals surface area (Å²) >= 11 is 0. The van der Waals surface area contributed by atoms with Gasteiger partial charge in [0, 0.05) is 20.6 Å². The van der Waals surface area contributed by atoms with Crippen molar-refractivity contribution in [1.29, 1.82) is 0 Å². The molecule has 1 aliphatic heterocycles. The van der Waals surface area contributed by atoms with E-state index in [0.29, 0.717) is 18.7 Å². The van der Waals surface area contributed by atoms with Gasteiger partial charge in [0.25, 0.3) is 0 Å². The van der Waals surface area contributed by atoms with Crippen LogP contribution in [0.3, 0.4) is 0 Å². The van der Waals surface area contributed by atoms with Crippen molar-refractivity contribution >= 4 is 23.3 Å². The van der Waals surface area contributed by atoms with Gasteiger partial charge in [-0.25, -0.2) is 4.79 Å². The highest BCUT2D eigenvalue weighted by molar-refractivity contribution is 5.96. The molecule has 3 N–H and O–H groups in total. The van der Waals surface area contributed by atoms with Crippen LogP contribution in [0.5, 0.6) is 0 Å². The van der Waals surface area contributed by atoms with Gasteiger partial charge in [-0.15, -0.1) is 0 Å². The lowest BCUT2D eigenvalue weighted by molar-refractivity contribution is -0.137. The molecule has 6 nitrogen and oxygen atoms in total. The van der Waals surface area contributed by atoms with Crippen LogP contribution in [-0.4, -0.2) is 38.6 Å². The number of benzene rings is 1. The van der Waals surface area contributed by atoms with E-state index in [2.05, 4.69) is 16.0 Å². The summed E-state index contributed by atoms with van der Waals surface area (Å²) in [5, 5.41) is 7.50. The highest BCUT2D eigenvalue weighted by Gasteiger charge is 2.31. The number of nitrogens with zero attached hydrogens (tertiary/aromatic N) is 1. The van der Waals surface area contributed by atoms with Gasteiger partial charge < -0.3 is 20.9 Å². The highest BCUT2D eigenvalue weighted by atomic mass is 19.4. The van der Waals surface area contributed by atoms with Crippen molar-refractivity contribution in [2.75, 3.05) is 30.9 Å². The number of rotatable bonds is 3. The number of hydrogen-bond acceptors (Lipinski definition) is 3. The molecule has 1 aromatic carbocycles. The third-order valence-electron chi connectivity index (χ3n) is 3.64. The summed E-state index contributed by atoms with van der Waals surface area (Å²) in [6.07, 6.45) is -3.30. The SMILES string of the molecule is CN(C)c1ccc(C(F)(F)F)cc1NC(=O)N[C@@H]1CCCNC1=O. The molecule has 0 saturated carbocycles.